The first-order valence-corrected chi connectivity index (χ1v) is 7.80. The Morgan fingerprint density at radius 3 is 3.00 bits per heavy atom. The van der Waals surface area contributed by atoms with Crippen molar-refractivity contribution in [2.45, 2.75) is 12.5 Å². The quantitative estimate of drug-likeness (QED) is 0.865. The van der Waals surface area contributed by atoms with E-state index in [1.165, 1.54) is 0 Å². The number of Topliss-reactive ketones (excluding diaryl/α,β-unsaturated/α-hetero) is 1. The summed E-state index contributed by atoms with van der Waals surface area (Å²) in [5.74, 6) is 2.19. The van der Waals surface area contributed by atoms with Crippen LogP contribution in [0.4, 0.5) is 0 Å². The molecule has 0 aliphatic carbocycles. The van der Waals surface area contributed by atoms with Crippen molar-refractivity contribution in [3.05, 3.63) is 42.2 Å². The van der Waals surface area contributed by atoms with E-state index in [2.05, 4.69) is 15.6 Å². The number of carbonyl (C=O) groups excluding carboxylic acids is 1. The number of thioether (sulfide) groups is 1. The van der Waals surface area contributed by atoms with Crippen molar-refractivity contribution in [2.24, 2.45) is 0 Å². The van der Waals surface area contributed by atoms with Crippen LogP contribution in [0.2, 0.25) is 0 Å². The molecule has 1 aromatic heterocycles. The molecule has 1 saturated heterocycles. The molecule has 2 heterocycles. The van der Waals surface area contributed by atoms with Crippen LogP contribution < -0.4 is 5.32 Å². The molecule has 3 rings (SSSR count). The fraction of sp³-hybridized carbons (Fsp3) is 0.357. The molecule has 0 bridgehead atoms. The van der Waals surface area contributed by atoms with Crippen LogP contribution in [0.15, 0.2) is 36.5 Å². The molecule has 0 amide bonds. The van der Waals surface area contributed by atoms with E-state index in [4.69, 9.17) is 0 Å². The molecule has 2 aromatic rings. The second-order valence-electron chi connectivity index (χ2n) is 4.72. The molecule has 0 saturated carbocycles. The third-order valence-corrected chi connectivity index (χ3v) is 4.40. The smallest absolute Gasteiger partial charge is 0.184 e. The standard InChI is InChI=1S/C14H16N4OS/c19-14(8-11-10-20-7-6-15-11)13-9-16-17-18(13)12-4-2-1-3-5-12/h1-5,9,11,15H,6-8,10H2. The zero-order chi connectivity index (χ0) is 13.8. The first-order chi connectivity index (χ1) is 9.84. The summed E-state index contributed by atoms with van der Waals surface area (Å²) in [5, 5.41) is 11.3. The molecule has 1 aromatic carbocycles. The molecule has 1 fully saturated rings. The third-order valence-electron chi connectivity index (χ3n) is 3.27. The Bertz CT molecular complexity index is 578. The number of carbonyl (C=O) groups is 1. The number of hydrogen-bond acceptors (Lipinski definition) is 5. The average Bonchev–Trinajstić information content (AvgIpc) is 2.99. The van der Waals surface area contributed by atoms with Crippen LogP contribution in [0.1, 0.15) is 16.9 Å². The fourth-order valence-corrected chi connectivity index (χ4v) is 3.21. The van der Waals surface area contributed by atoms with Gasteiger partial charge >= 0.3 is 0 Å². The number of para-hydroxylation sites is 1. The van der Waals surface area contributed by atoms with Gasteiger partial charge in [0.25, 0.3) is 0 Å². The monoisotopic (exact) mass is 288 g/mol. The van der Waals surface area contributed by atoms with Crippen LogP contribution >= 0.6 is 11.8 Å². The maximum absolute atomic E-state index is 12.4. The Hall–Kier alpha value is -1.66. The van der Waals surface area contributed by atoms with E-state index in [0.29, 0.717) is 12.1 Å². The van der Waals surface area contributed by atoms with Gasteiger partial charge in [-0.1, -0.05) is 23.4 Å². The topological polar surface area (TPSA) is 59.8 Å². The Labute approximate surface area is 121 Å². The van der Waals surface area contributed by atoms with E-state index < -0.39 is 0 Å². The fourth-order valence-electron chi connectivity index (χ4n) is 2.26. The normalized spacial score (nSPS) is 18.9. The molecular formula is C14H16N4OS. The summed E-state index contributed by atoms with van der Waals surface area (Å²) in [7, 11) is 0. The lowest BCUT2D eigenvalue weighted by Crippen LogP contribution is -2.39. The number of hydrogen-bond donors (Lipinski definition) is 1. The van der Waals surface area contributed by atoms with Gasteiger partial charge in [-0.15, -0.1) is 5.10 Å². The van der Waals surface area contributed by atoms with Gasteiger partial charge in [-0.3, -0.25) is 4.79 Å². The SMILES string of the molecule is O=C(CC1CSCCN1)c1cnnn1-c1ccccc1. The number of ketones is 1. The summed E-state index contributed by atoms with van der Waals surface area (Å²) in [6.45, 7) is 0.971. The van der Waals surface area contributed by atoms with E-state index in [1.54, 1.807) is 10.9 Å². The van der Waals surface area contributed by atoms with Crippen molar-refractivity contribution in [3.8, 4) is 5.69 Å². The number of benzene rings is 1. The molecule has 1 N–H and O–H groups in total. The van der Waals surface area contributed by atoms with Gasteiger partial charge in [-0.25, -0.2) is 4.68 Å². The minimum atomic E-state index is 0.0823. The summed E-state index contributed by atoms with van der Waals surface area (Å²) < 4.78 is 1.61. The van der Waals surface area contributed by atoms with Crippen LogP contribution in [0.5, 0.6) is 0 Å². The van der Waals surface area contributed by atoms with Gasteiger partial charge in [0.05, 0.1) is 11.9 Å². The summed E-state index contributed by atoms with van der Waals surface area (Å²) in [5.41, 5.74) is 1.41. The highest BCUT2D eigenvalue weighted by atomic mass is 32.2. The first-order valence-electron chi connectivity index (χ1n) is 6.65. The van der Waals surface area contributed by atoms with E-state index in [9.17, 15) is 4.79 Å². The maximum atomic E-state index is 12.4. The van der Waals surface area contributed by atoms with Crippen molar-refractivity contribution in [2.75, 3.05) is 18.1 Å². The largest absolute Gasteiger partial charge is 0.312 e. The van der Waals surface area contributed by atoms with Crippen LogP contribution in [-0.4, -0.2) is 44.9 Å². The van der Waals surface area contributed by atoms with Gasteiger partial charge in [0.2, 0.25) is 0 Å². The lowest BCUT2D eigenvalue weighted by molar-refractivity contribution is 0.0964. The molecule has 1 aliphatic heterocycles. The van der Waals surface area contributed by atoms with Crippen LogP contribution in [0.25, 0.3) is 5.69 Å². The second kappa shape index (κ2) is 6.19. The highest BCUT2D eigenvalue weighted by molar-refractivity contribution is 7.99. The molecule has 104 valence electrons. The molecular weight excluding hydrogens is 272 g/mol. The molecule has 20 heavy (non-hydrogen) atoms. The molecule has 0 spiro atoms. The van der Waals surface area contributed by atoms with Gasteiger partial charge in [0.1, 0.15) is 5.69 Å². The molecule has 1 atom stereocenters. The van der Waals surface area contributed by atoms with Crippen molar-refractivity contribution in [3.63, 3.8) is 0 Å². The molecule has 5 nitrogen and oxygen atoms in total. The van der Waals surface area contributed by atoms with Gasteiger partial charge in [-0.2, -0.15) is 11.8 Å². The van der Waals surface area contributed by atoms with Gasteiger partial charge < -0.3 is 5.32 Å². The van der Waals surface area contributed by atoms with E-state index in [-0.39, 0.29) is 11.8 Å². The van der Waals surface area contributed by atoms with Crippen LogP contribution in [-0.2, 0) is 0 Å². The van der Waals surface area contributed by atoms with Crippen molar-refractivity contribution >= 4 is 17.5 Å². The lowest BCUT2D eigenvalue weighted by atomic mass is 10.1. The Morgan fingerprint density at radius 2 is 2.25 bits per heavy atom. The van der Waals surface area contributed by atoms with Gasteiger partial charge in [0.15, 0.2) is 5.78 Å². The van der Waals surface area contributed by atoms with Gasteiger partial charge in [-0.05, 0) is 12.1 Å². The number of aromatic nitrogens is 3. The highest BCUT2D eigenvalue weighted by Crippen LogP contribution is 2.15. The van der Waals surface area contributed by atoms with Crippen LogP contribution in [0, 0.1) is 0 Å². The molecule has 1 unspecified atom stereocenters. The lowest BCUT2D eigenvalue weighted by Gasteiger charge is -2.22. The Kier molecular flexibility index (Phi) is 4.13. The summed E-state index contributed by atoms with van der Waals surface area (Å²) in [4.78, 5) is 12.4. The summed E-state index contributed by atoms with van der Waals surface area (Å²) >= 11 is 1.89. The van der Waals surface area contributed by atoms with Crippen LogP contribution in [0.3, 0.4) is 0 Å². The van der Waals surface area contributed by atoms with E-state index in [0.717, 1.165) is 23.7 Å². The van der Waals surface area contributed by atoms with Crippen molar-refractivity contribution in [1.29, 1.82) is 0 Å². The molecule has 1 aliphatic rings. The maximum Gasteiger partial charge on any atom is 0.184 e. The average molecular weight is 288 g/mol. The van der Waals surface area contributed by atoms with Crippen molar-refractivity contribution < 1.29 is 4.79 Å². The minimum Gasteiger partial charge on any atom is -0.312 e. The van der Waals surface area contributed by atoms with E-state index >= 15 is 0 Å². The zero-order valence-electron chi connectivity index (χ0n) is 11.0. The first kappa shape index (κ1) is 13.3. The summed E-state index contributed by atoms with van der Waals surface area (Å²) in [6, 6.07) is 9.86. The zero-order valence-corrected chi connectivity index (χ0v) is 11.8. The summed E-state index contributed by atoms with van der Waals surface area (Å²) in [6.07, 6.45) is 2.04. The minimum absolute atomic E-state index is 0.0823. The molecule has 0 radical (unpaired) electrons. The predicted molar refractivity (Wildman–Crippen MR) is 79.4 cm³/mol. The number of nitrogens with zero attached hydrogens (tertiary/aromatic N) is 3. The highest BCUT2D eigenvalue weighted by Gasteiger charge is 2.21. The number of nitrogens with one attached hydrogen (secondary N) is 1. The Balaban J connectivity index is 1.77. The molecule has 6 heteroatoms. The Morgan fingerprint density at radius 1 is 1.40 bits per heavy atom. The number of rotatable bonds is 4. The van der Waals surface area contributed by atoms with Crippen molar-refractivity contribution in [1.82, 2.24) is 20.3 Å². The third kappa shape index (κ3) is 2.91. The second-order valence-corrected chi connectivity index (χ2v) is 5.87. The van der Waals surface area contributed by atoms with Gasteiger partial charge in [0, 0.05) is 30.5 Å². The van der Waals surface area contributed by atoms with E-state index in [1.807, 2.05) is 42.1 Å². The predicted octanol–water partition coefficient (Wildman–Crippen LogP) is 1.55.